The molecule has 74 valence electrons. The second-order valence-corrected chi connectivity index (χ2v) is 2.14. The average Bonchev–Trinajstić information content (AvgIpc) is 2.01. The molecule has 0 radical (unpaired) electrons. The second-order valence-electron chi connectivity index (χ2n) is 2.14. The van der Waals surface area contributed by atoms with Gasteiger partial charge < -0.3 is 14.0 Å². The quantitative estimate of drug-likeness (QED) is 0.450. The zero-order valence-corrected chi connectivity index (χ0v) is 10.4. The maximum absolute atomic E-state index is 10.6. The van der Waals surface area contributed by atoms with Crippen LogP contribution < -0.4 is 29.6 Å². The minimum Gasteiger partial charge on any atom is -0.625 e. The van der Waals surface area contributed by atoms with Crippen LogP contribution in [0.2, 0.25) is 0 Å². The zero-order chi connectivity index (χ0) is 11.1. The fourth-order valence-corrected chi connectivity index (χ4v) is 0.552. The van der Waals surface area contributed by atoms with E-state index in [1.807, 2.05) is 0 Å². The van der Waals surface area contributed by atoms with Crippen LogP contribution in [0.1, 0.15) is 22.1 Å². The summed E-state index contributed by atoms with van der Waals surface area (Å²) in [4.78, 5) is 31.6. The van der Waals surface area contributed by atoms with E-state index in [4.69, 9.17) is 1.37 Å². The molecule has 0 spiro atoms. The van der Waals surface area contributed by atoms with E-state index in [2.05, 4.69) is 14.0 Å². The summed E-state index contributed by atoms with van der Waals surface area (Å²) in [5, 5.41) is 0. The van der Waals surface area contributed by atoms with E-state index < -0.39 is 32.1 Å². The molecule has 0 saturated carbocycles. The summed E-state index contributed by atoms with van der Waals surface area (Å²) in [5.41, 5.74) is 0. The average molecular weight is 213 g/mol. The fraction of sp³-hybridized carbons (Fsp3) is 0.500. The number of hydrogen-bond acceptors (Lipinski definition) is 6. The SMILES string of the molecule is [2H]CC(=O)O[BH-](OC(C)=O)OC(C)=O.[Na+]. The van der Waals surface area contributed by atoms with Gasteiger partial charge in [0.05, 0.1) is 0 Å². The Labute approximate surface area is 105 Å². The smallest absolute Gasteiger partial charge is 0.625 e. The Bertz CT molecular complexity index is 232. The Morgan fingerprint density at radius 3 is 1.64 bits per heavy atom. The number of rotatable bonds is 3. The van der Waals surface area contributed by atoms with Crippen LogP contribution >= 0.6 is 0 Å². The van der Waals surface area contributed by atoms with Crippen molar-refractivity contribution in [2.24, 2.45) is 0 Å². The Kier molecular flexibility index (Phi) is 7.55. The Morgan fingerprint density at radius 1 is 1.00 bits per heavy atom. The maximum atomic E-state index is 10.6. The van der Waals surface area contributed by atoms with Crippen molar-refractivity contribution < 1.29 is 59.3 Å². The molecule has 6 nitrogen and oxygen atoms in total. The summed E-state index contributed by atoms with van der Waals surface area (Å²) in [7, 11) is -2.54. The predicted molar refractivity (Wildman–Crippen MR) is 42.4 cm³/mol. The van der Waals surface area contributed by atoms with Gasteiger partial charge in [-0.2, -0.15) is 0 Å². The van der Waals surface area contributed by atoms with E-state index in [9.17, 15) is 14.4 Å². The van der Waals surface area contributed by atoms with Crippen LogP contribution in [0.4, 0.5) is 0 Å². The largest absolute Gasteiger partial charge is 1.00 e. The summed E-state index contributed by atoms with van der Waals surface area (Å²) in [6, 6.07) is 0. The van der Waals surface area contributed by atoms with Crippen molar-refractivity contribution in [3.63, 3.8) is 0 Å². The maximum Gasteiger partial charge on any atom is 1.00 e. The first-order valence-electron chi connectivity index (χ1n) is 4.15. The monoisotopic (exact) mass is 213 g/mol. The van der Waals surface area contributed by atoms with E-state index in [0.717, 1.165) is 13.8 Å². The predicted octanol–water partition coefficient (Wildman–Crippen LogP) is -3.60. The first-order valence-corrected chi connectivity index (χ1v) is 3.44. The van der Waals surface area contributed by atoms with Crippen molar-refractivity contribution in [2.75, 3.05) is 0 Å². The molecular weight excluding hydrogens is 202 g/mol. The third-order valence-corrected chi connectivity index (χ3v) is 0.921. The van der Waals surface area contributed by atoms with Crippen LogP contribution in [0.15, 0.2) is 0 Å². The van der Waals surface area contributed by atoms with Crippen molar-refractivity contribution in [1.29, 1.82) is 0 Å². The normalized spacial score (nSPS) is 9.50. The molecular formula is C6H10BNaO6. The van der Waals surface area contributed by atoms with E-state index in [-0.39, 0.29) is 29.6 Å². The fourth-order valence-electron chi connectivity index (χ4n) is 0.552. The van der Waals surface area contributed by atoms with E-state index in [1.54, 1.807) is 0 Å². The molecule has 0 aromatic heterocycles. The molecule has 0 amide bonds. The molecule has 0 rings (SSSR count). The van der Waals surface area contributed by atoms with Crippen LogP contribution in [0.5, 0.6) is 0 Å². The van der Waals surface area contributed by atoms with Gasteiger partial charge in [-0.3, -0.25) is 14.4 Å². The van der Waals surface area contributed by atoms with Gasteiger partial charge >= 0.3 is 36.9 Å². The molecule has 0 aromatic rings. The summed E-state index contributed by atoms with van der Waals surface area (Å²) in [6.45, 7) is 1.53. The number of carbonyl (C=O) groups is 3. The van der Waals surface area contributed by atoms with Crippen molar-refractivity contribution in [3.05, 3.63) is 0 Å². The Balaban J connectivity index is 0. The summed E-state index contributed by atoms with van der Waals surface area (Å²) < 4.78 is 19.8. The topological polar surface area (TPSA) is 78.9 Å². The molecule has 0 aliphatic heterocycles. The molecule has 0 bridgehead atoms. The van der Waals surface area contributed by atoms with E-state index in [1.165, 1.54) is 0 Å². The van der Waals surface area contributed by atoms with Gasteiger partial charge in [0, 0.05) is 22.1 Å². The molecule has 0 unspecified atom stereocenters. The van der Waals surface area contributed by atoms with Crippen molar-refractivity contribution >= 4 is 25.2 Å². The van der Waals surface area contributed by atoms with Crippen LogP contribution in [0.25, 0.3) is 0 Å². The van der Waals surface area contributed by atoms with Gasteiger partial charge in [0.25, 0.3) is 17.9 Å². The zero-order valence-electron chi connectivity index (χ0n) is 9.36. The van der Waals surface area contributed by atoms with Gasteiger partial charge in [-0.1, -0.05) is 0 Å². The minimum atomic E-state index is -2.54. The van der Waals surface area contributed by atoms with Crippen LogP contribution in [-0.4, -0.2) is 25.2 Å². The third-order valence-electron chi connectivity index (χ3n) is 0.921. The molecule has 0 saturated heterocycles. The molecule has 0 aromatic carbocycles. The minimum absolute atomic E-state index is 0. The number of carbonyl (C=O) groups excluding carboxylic acids is 3. The summed E-state index contributed by atoms with van der Waals surface area (Å²) in [5.74, 6) is -2.39. The Hall–Kier alpha value is -0.525. The summed E-state index contributed by atoms with van der Waals surface area (Å²) in [6.07, 6.45) is 0. The Morgan fingerprint density at radius 2 is 1.36 bits per heavy atom. The van der Waals surface area contributed by atoms with Gasteiger partial charge in [-0.25, -0.2) is 0 Å². The molecule has 0 fully saturated rings. The van der Waals surface area contributed by atoms with Crippen molar-refractivity contribution in [1.82, 2.24) is 0 Å². The van der Waals surface area contributed by atoms with Crippen LogP contribution in [0.3, 0.4) is 0 Å². The molecule has 8 heteroatoms. The van der Waals surface area contributed by atoms with Crippen molar-refractivity contribution in [2.45, 2.75) is 20.7 Å². The van der Waals surface area contributed by atoms with E-state index in [0.29, 0.717) is 0 Å². The first-order chi connectivity index (χ1) is 6.45. The van der Waals surface area contributed by atoms with Crippen LogP contribution in [0, 0.1) is 0 Å². The first kappa shape index (κ1) is 13.5. The van der Waals surface area contributed by atoms with Gasteiger partial charge in [0.15, 0.2) is 0 Å². The van der Waals surface area contributed by atoms with E-state index >= 15 is 0 Å². The molecule has 0 aliphatic carbocycles. The van der Waals surface area contributed by atoms with Gasteiger partial charge in [-0.05, 0) is 0 Å². The summed E-state index contributed by atoms with van der Waals surface area (Å²) >= 11 is 0. The van der Waals surface area contributed by atoms with Gasteiger partial charge in [0.2, 0.25) is 0 Å². The second kappa shape index (κ2) is 7.84. The third kappa shape index (κ3) is 9.56. The van der Waals surface area contributed by atoms with Gasteiger partial charge in [-0.15, -0.1) is 0 Å². The molecule has 0 heterocycles. The molecule has 0 N–H and O–H groups in total. The standard InChI is InChI=1S/C6H10BO6.Na/c1-4(8)11-7(12-5(2)9)13-6(3)10;/h7H,1-3H3;/q-1;+1/i1D;. The molecule has 0 atom stereocenters. The molecule has 14 heavy (non-hydrogen) atoms. The van der Waals surface area contributed by atoms with Crippen LogP contribution in [-0.2, 0) is 28.3 Å². The van der Waals surface area contributed by atoms with Gasteiger partial charge in [0.1, 0.15) is 0 Å². The molecule has 0 aliphatic rings. The van der Waals surface area contributed by atoms with Crippen molar-refractivity contribution in [3.8, 4) is 0 Å². The number of hydrogen-bond donors (Lipinski definition) is 0.